The molecule has 3 atom stereocenters. The number of carbonyl (C=O) groups excluding carboxylic acids is 1. The number of benzene rings is 4. The Hall–Kier alpha value is -4.07. The number of fused-ring (bicyclic) bond motifs is 3. The topological polar surface area (TPSA) is 70.6 Å². The summed E-state index contributed by atoms with van der Waals surface area (Å²) in [5.74, 6) is -0.956. The van der Waals surface area contributed by atoms with Crippen LogP contribution in [0.4, 0.5) is 8.78 Å². The molecule has 0 fully saturated rings. The largest absolute Gasteiger partial charge is 0.488 e. The average Bonchev–Trinajstić information content (AvgIpc) is 3.23. The van der Waals surface area contributed by atoms with Crippen LogP contribution in [0, 0.1) is 11.6 Å². The van der Waals surface area contributed by atoms with Crippen molar-refractivity contribution in [3.63, 3.8) is 0 Å². The van der Waals surface area contributed by atoms with Gasteiger partial charge in [-0.25, -0.2) is 8.78 Å². The van der Waals surface area contributed by atoms with Crippen LogP contribution < -0.4 is 15.4 Å². The van der Waals surface area contributed by atoms with Crippen LogP contribution in [0.25, 0.3) is 11.1 Å². The quantitative estimate of drug-likeness (QED) is 0.215. The van der Waals surface area contributed by atoms with E-state index >= 15 is 0 Å². The van der Waals surface area contributed by atoms with E-state index in [1.807, 2.05) is 75.4 Å². The summed E-state index contributed by atoms with van der Waals surface area (Å²) in [6.45, 7) is 6.12. The lowest BCUT2D eigenvalue weighted by atomic mass is 9.99. The van der Waals surface area contributed by atoms with Crippen LogP contribution in [0.5, 0.6) is 5.75 Å². The van der Waals surface area contributed by atoms with Gasteiger partial charge in [-0.15, -0.1) is 0 Å². The Labute approximate surface area is 245 Å². The fourth-order valence-electron chi connectivity index (χ4n) is 5.51. The fraction of sp³-hybridized carbons (Fsp3) is 0.286. The molecule has 0 saturated carbocycles. The zero-order chi connectivity index (χ0) is 29.9. The van der Waals surface area contributed by atoms with E-state index < -0.39 is 23.8 Å². The van der Waals surface area contributed by atoms with Gasteiger partial charge in [0.15, 0.2) is 0 Å². The lowest BCUT2D eigenvalue weighted by Crippen LogP contribution is -2.49. The molecule has 4 aromatic carbocycles. The normalized spacial score (nSPS) is 15.4. The van der Waals surface area contributed by atoms with Gasteiger partial charge in [-0.1, -0.05) is 60.7 Å². The molecule has 0 bridgehead atoms. The summed E-state index contributed by atoms with van der Waals surface area (Å²) in [5.41, 5.74) is 5.10. The number of carbonyl (C=O) groups is 1. The van der Waals surface area contributed by atoms with Gasteiger partial charge >= 0.3 is 0 Å². The van der Waals surface area contributed by atoms with Gasteiger partial charge in [-0.05, 0) is 84.8 Å². The lowest BCUT2D eigenvalue weighted by Gasteiger charge is -2.27. The van der Waals surface area contributed by atoms with E-state index in [0.717, 1.165) is 39.6 Å². The molecule has 0 radical (unpaired) electrons. The summed E-state index contributed by atoms with van der Waals surface area (Å²) < 4.78 is 34.1. The number of aliphatic hydroxyl groups is 1. The minimum absolute atomic E-state index is 0.0550. The molecule has 5 nitrogen and oxygen atoms in total. The zero-order valence-electron chi connectivity index (χ0n) is 24.0. The summed E-state index contributed by atoms with van der Waals surface area (Å²) in [6, 6.07) is 25.7. The molecule has 1 aliphatic carbocycles. The number of nitrogens with one attached hydrogen (secondary N) is 2. The smallest absolute Gasteiger partial charge is 0.224 e. The van der Waals surface area contributed by atoms with E-state index in [9.17, 15) is 18.7 Å². The van der Waals surface area contributed by atoms with Crippen molar-refractivity contribution < 1.29 is 23.4 Å². The molecule has 7 heteroatoms. The van der Waals surface area contributed by atoms with E-state index in [1.165, 1.54) is 12.1 Å². The van der Waals surface area contributed by atoms with E-state index in [1.54, 1.807) is 0 Å². The van der Waals surface area contributed by atoms with E-state index in [-0.39, 0.29) is 36.9 Å². The fourth-order valence-corrected chi connectivity index (χ4v) is 5.51. The molecule has 1 aliphatic rings. The summed E-state index contributed by atoms with van der Waals surface area (Å²) in [7, 11) is 0. The number of ether oxygens (including phenoxy) is 1. The maximum absolute atomic E-state index is 14.0. The molecular formula is C35H36F2N2O3. The number of aliphatic hydroxyl groups excluding tert-OH is 1. The average molecular weight is 571 g/mol. The molecule has 1 unspecified atom stereocenters. The van der Waals surface area contributed by atoms with Gasteiger partial charge in [0.1, 0.15) is 23.0 Å². The predicted octanol–water partition coefficient (Wildman–Crippen LogP) is 6.13. The van der Waals surface area contributed by atoms with Crippen LogP contribution in [-0.2, 0) is 17.6 Å². The molecular weight excluding hydrogens is 534 g/mol. The Bertz CT molecular complexity index is 1530. The molecule has 0 aliphatic heterocycles. The molecule has 4 aromatic rings. The summed E-state index contributed by atoms with van der Waals surface area (Å²) in [6.07, 6.45) is -0.879. The number of hydrogen-bond acceptors (Lipinski definition) is 4. The molecule has 0 saturated heterocycles. The van der Waals surface area contributed by atoms with Crippen molar-refractivity contribution in [1.29, 1.82) is 0 Å². The Morgan fingerprint density at radius 2 is 1.52 bits per heavy atom. The second kappa shape index (κ2) is 12.4. The third-order valence-electron chi connectivity index (χ3n) is 7.25. The highest BCUT2D eigenvalue weighted by atomic mass is 19.1. The Balaban J connectivity index is 1.37. The van der Waals surface area contributed by atoms with Gasteiger partial charge in [-0.2, -0.15) is 0 Å². The van der Waals surface area contributed by atoms with Crippen LogP contribution in [-0.4, -0.2) is 35.3 Å². The number of amides is 1. The van der Waals surface area contributed by atoms with Gasteiger partial charge in [-0.3, -0.25) is 4.79 Å². The number of rotatable bonds is 10. The van der Waals surface area contributed by atoms with Crippen LogP contribution in [0.3, 0.4) is 0 Å². The molecule has 0 spiro atoms. The number of hydrogen-bond donors (Lipinski definition) is 3. The minimum Gasteiger partial charge on any atom is -0.488 e. The maximum atomic E-state index is 14.0. The second-order valence-electron chi connectivity index (χ2n) is 11.8. The highest BCUT2D eigenvalue weighted by Crippen LogP contribution is 2.45. The third-order valence-corrected chi connectivity index (χ3v) is 7.25. The Kier molecular flexibility index (Phi) is 8.71. The maximum Gasteiger partial charge on any atom is 0.224 e. The van der Waals surface area contributed by atoms with E-state index in [2.05, 4.69) is 28.8 Å². The zero-order valence-corrected chi connectivity index (χ0v) is 24.0. The highest BCUT2D eigenvalue weighted by molar-refractivity contribution is 5.80. The standard InChI is InChI=1S/C35H36F2N2O3/c1-35(2,3)42-26-13-14-28-27-11-7-8-12-29(27)34(30(28)20-26)38-21-32(40)31(17-23-15-24(36)19-25(37)16-23)39-33(41)18-22-9-5-4-6-10-22/h4-16,19-20,31-32,34,38,40H,17-18,21H2,1-3H3,(H,39,41)/t31-,32-,34?/m0/s1. The first-order chi connectivity index (χ1) is 20.1. The van der Waals surface area contributed by atoms with E-state index in [0.29, 0.717) is 5.56 Å². The Morgan fingerprint density at radius 3 is 2.24 bits per heavy atom. The third kappa shape index (κ3) is 7.22. The highest BCUT2D eigenvalue weighted by Gasteiger charge is 2.31. The van der Waals surface area contributed by atoms with Crippen molar-refractivity contribution in [2.75, 3.05) is 6.54 Å². The van der Waals surface area contributed by atoms with Crippen molar-refractivity contribution in [2.45, 2.75) is 57.4 Å². The second-order valence-corrected chi connectivity index (χ2v) is 11.8. The predicted molar refractivity (Wildman–Crippen MR) is 160 cm³/mol. The summed E-state index contributed by atoms with van der Waals surface area (Å²) >= 11 is 0. The lowest BCUT2D eigenvalue weighted by molar-refractivity contribution is -0.122. The van der Waals surface area contributed by atoms with Crippen molar-refractivity contribution in [1.82, 2.24) is 10.6 Å². The van der Waals surface area contributed by atoms with Gasteiger partial charge in [0.25, 0.3) is 0 Å². The van der Waals surface area contributed by atoms with Crippen molar-refractivity contribution in [3.05, 3.63) is 125 Å². The molecule has 42 heavy (non-hydrogen) atoms. The molecule has 3 N–H and O–H groups in total. The molecule has 1 amide bonds. The minimum atomic E-state index is -1.05. The van der Waals surface area contributed by atoms with Crippen LogP contribution in [0.2, 0.25) is 0 Å². The monoisotopic (exact) mass is 570 g/mol. The molecule has 0 aromatic heterocycles. The van der Waals surface area contributed by atoms with Crippen molar-refractivity contribution >= 4 is 5.91 Å². The summed E-state index contributed by atoms with van der Waals surface area (Å²) in [5, 5.41) is 17.8. The molecule has 0 heterocycles. The van der Waals surface area contributed by atoms with E-state index in [4.69, 9.17) is 4.74 Å². The van der Waals surface area contributed by atoms with Crippen molar-refractivity contribution in [3.8, 4) is 16.9 Å². The first-order valence-electron chi connectivity index (χ1n) is 14.2. The van der Waals surface area contributed by atoms with Gasteiger partial charge < -0.3 is 20.5 Å². The van der Waals surface area contributed by atoms with Crippen LogP contribution in [0.15, 0.2) is 91.0 Å². The van der Waals surface area contributed by atoms with Crippen molar-refractivity contribution in [2.24, 2.45) is 0 Å². The Morgan fingerprint density at radius 1 is 0.857 bits per heavy atom. The first-order valence-corrected chi connectivity index (χ1v) is 14.2. The van der Waals surface area contributed by atoms with Gasteiger partial charge in [0, 0.05) is 12.6 Å². The summed E-state index contributed by atoms with van der Waals surface area (Å²) in [4.78, 5) is 13.0. The number of halogens is 2. The molecule has 218 valence electrons. The van der Waals surface area contributed by atoms with Gasteiger partial charge in [0.05, 0.1) is 24.6 Å². The van der Waals surface area contributed by atoms with Gasteiger partial charge in [0.2, 0.25) is 5.91 Å². The molecule has 5 rings (SSSR count). The first kappa shape index (κ1) is 29.4. The van der Waals surface area contributed by atoms with Crippen LogP contribution in [0.1, 0.15) is 49.1 Å². The van der Waals surface area contributed by atoms with Crippen LogP contribution >= 0.6 is 0 Å². The SMILES string of the molecule is CC(C)(C)Oc1ccc2c(c1)C(NC[C@H](O)[C@H](Cc1cc(F)cc(F)c1)NC(=O)Cc1ccccc1)c1ccccc1-2.